The minimum Gasteiger partial charge on any atom is -0.475 e. The Morgan fingerprint density at radius 2 is 2.20 bits per heavy atom. The lowest BCUT2D eigenvalue weighted by Crippen LogP contribution is -2.35. The largest absolute Gasteiger partial charge is 0.475 e. The molecule has 1 heterocycles. The van der Waals surface area contributed by atoms with Crippen molar-refractivity contribution in [2.75, 3.05) is 0 Å². The number of amides is 1. The number of rotatable bonds is 4. The summed E-state index contributed by atoms with van der Waals surface area (Å²) in [7, 11) is 0. The van der Waals surface area contributed by atoms with Gasteiger partial charge in [-0.15, -0.1) is 0 Å². The molecule has 0 saturated heterocycles. The summed E-state index contributed by atoms with van der Waals surface area (Å²) in [5.41, 5.74) is 0.224. The van der Waals surface area contributed by atoms with Crippen LogP contribution in [0.1, 0.15) is 55.8 Å². The molecule has 1 fully saturated rings. The van der Waals surface area contributed by atoms with Crippen LogP contribution in [0.2, 0.25) is 0 Å². The van der Waals surface area contributed by atoms with Gasteiger partial charge in [0.1, 0.15) is 5.76 Å². The number of furan rings is 1. The van der Waals surface area contributed by atoms with E-state index in [2.05, 4.69) is 19.2 Å². The molecule has 110 valence electrons. The molecule has 1 aromatic rings. The fraction of sp³-hybridized carbons (Fsp3) is 0.600. The van der Waals surface area contributed by atoms with Gasteiger partial charge < -0.3 is 14.8 Å². The zero-order chi connectivity index (χ0) is 14.8. The zero-order valence-electron chi connectivity index (χ0n) is 11.9. The molecule has 0 radical (unpaired) electrons. The second-order valence-electron chi connectivity index (χ2n) is 6.25. The molecular formula is C15H21NO4. The molecule has 0 aromatic carbocycles. The number of carboxylic acids is 1. The SMILES string of the molecule is CC1(C)CCCC(C(=O)NCc2ccc(C(=O)O)o2)C1. The van der Waals surface area contributed by atoms with E-state index in [9.17, 15) is 9.59 Å². The smallest absolute Gasteiger partial charge is 0.371 e. The number of hydrogen-bond acceptors (Lipinski definition) is 3. The predicted molar refractivity (Wildman–Crippen MR) is 73.3 cm³/mol. The van der Waals surface area contributed by atoms with E-state index < -0.39 is 5.97 Å². The third-order valence-electron chi connectivity index (χ3n) is 3.89. The molecule has 1 aromatic heterocycles. The minimum atomic E-state index is -1.10. The third kappa shape index (κ3) is 3.62. The Hall–Kier alpha value is -1.78. The van der Waals surface area contributed by atoms with Crippen LogP contribution in [0.3, 0.4) is 0 Å². The lowest BCUT2D eigenvalue weighted by molar-refractivity contribution is -0.127. The third-order valence-corrected chi connectivity index (χ3v) is 3.89. The van der Waals surface area contributed by atoms with Crippen molar-refractivity contribution in [1.29, 1.82) is 0 Å². The normalized spacial score (nSPS) is 21.4. The van der Waals surface area contributed by atoms with Gasteiger partial charge in [0.25, 0.3) is 0 Å². The summed E-state index contributed by atoms with van der Waals surface area (Å²) in [6.07, 6.45) is 4.07. The van der Waals surface area contributed by atoms with E-state index in [1.807, 2.05) is 0 Å². The standard InChI is InChI=1S/C15H21NO4/c1-15(2)7-3-4-10(8-15)13(17)16-9-11-5-6-12(20-11)14(18)19/h5-6,10H,3-4,7-9H2,1-2H3,(H,16,17)(H,18,19). The molecule has 5 heteroatoms. The Morgan fingerprint density at radius 3 is 2.80 bits per heavy atom. The maximum atomic E-state index is 12.1. The number of hydrogen-bond donors (Lipinski definition) is 2. The van der Waals surface area contributed by atoms with Crippen LogP contribution in [0.15, 0.2) is 16.5 Å². The van der Waals surface area contributed by atoms with E-state index in [0.717, 1.165) is 25.7 Å². The molecule has 1 atom stereocenters. The fourth-order valence-corrected chi connectivity index (χ4v) is 2.83. The molecular weight excluding hydrogens is 258 g/mol. The van der Waals surface area contributed by atoms with E-state index in [1.54, 1.807) is 6.07 Å². The van der Waals surface area contributed by atoms with Crippen molar-refractivity contribution in [1.82, 2.24) is 5.32 Å². The monoisotopic (exact) mass is 279 g/mol. The average Bonchev–Trinajstić information content (AvgIpc) is 2.83. The van der Waals surface area contributed by atoms with Gasteiger partial charge in [-0.2, -0.15) is 0 Å². The van der Waals surface area contributed by atoms with Gasteiger partial charge in [-0.05, 0) is 36.8 Å². The first-order valence-corrected chi connectivity index (χ1v) is 6.97. The van der Waals surface area contributed by atoms with Crippen LogP contribution >= 0.6 is 0 Å². The summed E-state index contributed by atoms with van der Waals surface area (Å²) in [5.74, 6) is -0.658. The van der Waals surface area contributed by atoms with Crippen molar-refractivity contribution in [3.05, 3.63) is 23.7 Å². The van der Waals surface area contributed by atoms with Gasteiger partial charge in [0.15, 0.2) is 0 Å². The van der Waals surface area contributed by atoms with E-state index >= 15 is 0 Å². The summed E-state index contributed by atoms with van der Waals surface area (Å²) >= 11 is 0. The van der Waals surface area contributed by atoms with Gasteiger partial charge in [-0.3, -0.25) is 4.79 Å². The quantitative estimate of drug-likeness (QED) is 0.888. The molecule has 0 bridgehead atoms. The van der Waals surface area contributed by atoms with Gasteiger partial charge in [0, 0.05) is 5.92 Å². The number of nitrogens with one attached hydrogen (secondary N) is 1. The molecule has 0 aliphatic heterocycles. The van der Waals surface area contributed by atoms with Crippen LogP contribution in [-0.2, 0) is 11.3 Å². The summed E-state index contributed by atoms with van der Waals surface area (Å²) in [4.78, 5) is 22.8. The van der Waals surface area contributed by atoms with Gasteiger partial charge in [0.05, 0.1) is 6.54 Å². The highest BCUT2D eigenvalue weighted by atomic mass is 16.4. The van der Waals surface area contributed by atoms with Crippen molar-refractivity contribution in [2.45, 2.75) is 46.1 Å². The maximum Gasteiger partial charge on any atom is 0.371 e. The van der Waals surface area contributed by atoms with E-state index in [-0.39, 0.29) is 29.5 Å². The number of aromatic carboxylic acids is 1. The molecule has 1 aliphatic rings. The van der Waals surface area contributed by atoms with Gasteiger partial charge in [0.2, 0.25) is 11.7 Å². The van der Waals surface area contributed by atoms with Crippen LogP contribution in [0.4, 0.5) is 0 Å². The van der Waals surface area contributed by atoms with Crippen LogP contribution < -0.4 is 5.32 Å². The maximum absolute atomic E-state index is 12.1. The van der Waals surface area contributed by atoms with Crippen molar-refractivity contribution in [2.24, 2.45) is 11.3 Å². The van der Waals surface area contributed by atoms with Crippen LogP contribution in [0.25, 0.3) is 0 Å². The van der Waals surface area contributed by atoms with Crippen molar-refractivity contribution in [3.8, 4) is 0 Å². The van der Waals surface area contributed by atoms with Gasteiger partial charge >= 0.3 is 5.97 Å². The summed E-state index contributed by atoms with van der Waals surface area (Å²) in [6.45, 7) is 4.62. The summed E-state index contributed by atoms with van der Waals surface area (Å²) < 4.78 is 5.11. The van der Waals surface area contributed by atoms with E-state index in [4.69, 9.17) is 9.52 Å². The molecule has 0 spiro atoms. The Morgan fingerprint density at radius 1 is 1.45 bits per heavy atom. The first kappa shape index (κ1) is 14.6. The minimum absolute atomic E-state index is 0.0334. The van der Waals surface area contributed by atoms with E-state index in [0.29, 0.717) is 5.76 Å². The topological polar surface area (TPSA) is 79.5 Å². The second-order valence-corrected chi connectivity index (χ2v) is 6.25. The highest BCUT2D eigenvalue weighted by Gasteiger charge is 2.31. The average molecular weight is 279 g/mol. The Balaban J connectivity index is 1.86. The Labute approximate surface area is 118 Å². The second kappa shape index (κ2) is 5.69. The van der Waals surface area contributed by atoms with Crippen molar-refractivity contribution < 1.29 is 19.1 Å². The fourth-order valence-electron chi connectivity index (χ4n) is 2.83. The first-order chi connectivity index (χ1) is 9.37. The molecule has 1 amide bonds. The van der Waals surface area contributed by atoms with Crippen molar-refractivity contribution >= 4 is 11.9 Å². The summed E-state index contributed by atoms with van der Waals surface area (Å²) in [6, 6.07) is 2.97. The first-order valence-electron chi connectivity index (χ1n) is 6.97. The lowest BCUT2D eigenvalue weighted by atomic mass is 9.72. The molecule has 2 N–H and O–H groups in total. The predicted octanol–water partition coefficient (Wildman–Crippen LogP) is 2.81. The summed E-state index contributed by atoms with van der Waals surface area (Å²) in [5, 5.41) is 11.6. The van der Waals surface area contributed by atoms with Gasteiger partial charge in [-0.1, -0.05) is 20.3 Å². The molecule has 1 aliphatic carbocycles. The highest BCUT2D eigenvalue weighted by Crippen LogP contribution is 2.38. The number of carboxylic acid groups (broad SMARTS) is 1. The zero-order valence-corrected chi connectivity index (χ0v) is 11.9. The number of carbonyl (C=O) groups is 2. The van der Waals surface area contributed by atoms with Crippen LogP contribution in [0.5, 0.6) is 0 Å². The Bertz CT molecular complexity index is 504. The van der Waals surface area contributed by atoms with Crippen LogP contribution in [0, 0.1) is 11.3 Å². The molecule has 1 unspecified atom stereocenters. The van der Waals surface area contributed by atoms with Gasteiger partial charge in [-0.25, -0.2) is 4.79 Å². The molecule has 20 heavy (non-hydrogen) atoms. The molecule has 1 saturated carbocycles. The Kier molecular flexibility index (Phi) is 4.16. The highest BCUT2D eigenvalue weighted by molar-refractivity contribution is 5.84. The van der Waals surface area contributed by atoms with Crippen molar-refractivity contribution in [3.63, 3.8) is 0 Å². The van der Waals surface area contributed by atoms with E-state index in [1.165, 1.54) is 6.07 Å². The molecule has 5 nitrogen and oxygen atoms in total. The molecule has 2 rings (SSSR count). The van der Waals surface area contributed by atoms with Crippen LogP contribution in [-0.4, -0.2) is 17.0 Å². The lowest BCUT2D eigenvalue weighted by Gasteiger charge is -2.34. The number of carbonyl (C=O) groups excluding carboxylic acids is 1.